The molecule has 0 bridgehead atoms. The summed E-state index contributed by atoms with van der Waals surface area (Å²) >= 11 is 0. The van der Waals surface area contributed by atoms with Crippen LogP contribution in [0.2, 0.25) is 0 Å². The van der Waals surface area contributed by atoms with Gasteiger partial charge < -0.3 is 4.52 Å². The molecule has 0 aliphatic rings. The summed E-state index contributed by atoms with van der Waals surface area (Å²) in [5, 5.41) is 3.70. The average Bonchev–Trinajstić information content (AvgIpc) is 2.78. The number of pyridine rings is 1. The Bertz CT molecular complexity index is 515. The van der Waals surface area contributed by atoms with Crippen LogP contribution in [-0.2, 0) is 0 Å². The van der Waals surface area contributed by atoms with E-state index in [4.69, 9.17) is 4.52 Å². The molecule has 0 saturated carbocycles. The van der Waals surface area contributed by atoms with E-state index < -0.39 is 5.83 Å². The highest BCUT2D eigenvalue weighted by molar-refractivity contribution is 5.58. The highest BCUT2D eigenvalue weighted by Gasteiger charge is 2.13. The fourth-order valence-corrected chi connectivity index (χ4v) is 1.14. The van der Waals surface area contributed by atoms with E-state index in [-0.39, 0.29) is 5.89 Å². The van der Waals surface area contributed by atoms with Gasteiger partial charge in [0.1, 0.15) is 0 Å². The first-order chi connectivity index (χ1) is 7.68. The highest BCUT2D eigenvalue weighted by atomic mass is 19.1. The Labute approximate surface area is 91.8 Å². The van der Waals surface area contributed by atoms with Gasteiger partial charge in [0, 0.05) is 18.0 Å². The third-order valence-corrected chi connectivity index (χ3v) is 1.99. The fourth-order valence-electron chi connectivity index (χ4n) is 1.14. The van der Waals surface area contributed by atoms with Crippen molar-refractivity contribution >= 4 is 5.83 Å². The van der Waals surface area contributed by atoms with Gasteiger partial charge in [-0.1, -0.05) is 5.16 Å². The average molecular weight is 219 g/mol. The van der Waals surface area contributed by atoms with Crippen LogP contribution in [0.15, 0.2) is 34.6 Å². The first-order valence-electron chi connectivity index (χ1n) is 4.76. The molecule has 0 spiro atoms. The minimum Gasteiger partial charge on any atom is -0.331 e. The molecule has 0 radical (unpaired) electrons. The Hall–Kier alpha value is -2.04. The maximum Gasteiger partial charge on any atom is 0.286 e. The first kappa shape index (κ1) is 10.5. The number of hydrogen-bond acceptors (Lipinski definition) is 4. The van der Waals surface area contributed by atoms with Gasteiger partial charge in [-0.05, 0) is 31.6 Å². The molecule has 2 heterocycles. The van der Waals surface area contributed by atoms with Crippen LogP contribution in [-0.4, -0.2) is 15.1 Å². The third kappa shape index (κ3) is 1.98. The van der Waals surface area contributed by atoms with E-state index in [1.165, 1.54) is 0 Å². The molecule has 0 saturated heterocycles. The standard InChI is InChI=1S/C11H10FN3O/c1-7(2)9(12)11-14-10(15-16-11)8-3-5-13-6-4-8/h3-6H,1-2H3. The van der Waals surface area contributed by atoms with Crippen molar-refractivity contribution < 1.29 is 8.91 Å². The van der Waals surface area contributed by atoms with E-state index in [1.807, 2.05) is 0 Å². The van der Waals surface area contributed by atoms with E-state index >= 15 is 0 Å². The largest absolute Gasteiger partial charge is 0.331 e. The molecular formula is C11H10FN3O. The Morgan fingerprint density at radius 3 is 2.56 bits per heavy atom. The summed E-state index contributed by atoms with van der Waals surface area (Å²) in [7, 11) is 0. The Morgan fingerprint density at radius 2 is 1.94 bits per heavy atom. The normalized spacial score (nSPS) is 10.2. The lowest BCUT2D eigenvalue weighted by molar-refractivity contribution is 0.398. The van der Waals surface area contributed by atoms with E-state index in [9.17, 15) is 4.39 Å². The number of nitrogens with zero attached hydrogens (tertiary/aromatic N) is 3. The molecule has 0 N–H and O–H groups in total. The number of allylic oxidation sites excluding steroid dienone is 1. The summed E-state index contributed by atoms with van der Waals surface area (Å²) in [5.74, 6) is -0.214. The van der Waals surface area contributed by atoms with Gasteiger partial charge in [0.25, 0.3) is 5.89 Å². The van der Waals surface area contributed by atoms with Crippen LogP contribution in [0.25, 0.3) is 17.2 Å². The van der Waals surface area contributed by atoms with Crippen LogP contribution in [0.4, 0.5) is 4.39 Å². The smallest absolute Gasteiger partial charge is 0.286 e. The molecule has 2 aromatic heterocycles. The summed E-state index contributed by atoms with van der Waals surface area (Å²) < 4.78 is 18.3. The summed E-state index contributed by atoms with van der Waals surface area (Å²) in [6.45, 7) is 3.29. The van der Waals surface area contributed by atoms with Crippen LogP contribution in [0.3, 0.4) is 0 Å². The van der Waals surface area contributed by atoms with Crippen LogP contribution in [0.5, 0.6) is 0 Å². The summed E-state index contributed by atoms with van der Waals surface area (Å²) in [6.07, 6.45) is 3.23. The van der Waals surface area contributed by atoms with E-state index in [2.05, 4.69) is 15.1 Å². The molecule has 0 amide bonds. The van der Waals surface area contributed by atoms with Crippen molar-refractivity contribution in [3.63, 3.8) is 0 Å². The van der Waals surface area contributed by atoms with Crippen LogP contribution >= 0.6 is 0 Å². The molecular weight excluding hydrogens is 209 g/mol. The first-order valence-corrected chi connectivity index (χ1v) is 4.76. The molecule has 4 nitrogen and oxygen atoms in total. The zero-order valence-electron chi connectivity index (χ0n) is 8.94. The zero-order chi connectivity index (χ0) is 11.5. The maximum atomic E-state index is 13.5. The second-order valence-electron chi connectivity index (χ2n) is 3.47. The van der Waals surface area contributed by atoms with Gasteiger partial charge >= 0.3 is 0 Å². The predicted octanol–water partition coefficient (Wildman–Crippen LogP) is 2.85. The van der Waals surface area contributed by atoms with Crippen molar-refractivity contribution in [1.29, 1.82) is 0 Å². The lowest BCUT2D eigenvalue weighted by Crippen LogP contribution is -1.83. The van der Waals surface area contributed by atoms with Gasteiger partial charge in [-0.3, -0.25) is 4.98 Å². The van der Waals surface area contributed by atoms with Crippen molar-refractivity contribution in [2.24, 2.45) is 0 Å². The molecule has 82 valence electrons. The van der Waals surface area contributed by atoms with E-state index in [0.29, 0.717) is 11.4 Å². The van der Waals surface area contributed by atoms with Gasteiger partial charge in [0.2, 0.25) is 5.82 Å². The Balaban J connectivity index is 2.38. The van der Waals surface area contributed by atoms with Gasteiger partial charge in [0.05, 0.1) is 0 Å². The van der Waals surface area contributed by atoms with Crippen LogP contribution < -0.4 is 0 Å². The summed E-state index contributed by atoms with van der Waals surface area (Å²) in [6, 6.07) is 3.46. The summed E-state index contributed by atoms with van der Waals surface area (Å²) in [5.41, 5.74) is 1.25. The molecule has 16 heavy (non-hydrogen) atoms. The Kier molecular flexibility index (Phi) is 2.76. The zero-order valence-corrected chi connectivity index (χ0v) is 8.94. The molecule has 5 heteroatoms. The Morgan fingerprint density at radius 1 is 1.25 bits per heavy atom. The lowest BCUT2D eigenvalue weighted by atomic mass is 10.2. The fraction of sp³-hybridized carbons (Fsp3) is 0.182. The third-order valence-electron chi connectivity index (χ3n) is 1.99. The van der Waals surface area contributed by atoms with E-state index in [1.54, 1.807) is 38.4 Å². The number of rotatable bonds is 2. The molecule has 0 aliphatic heterocycles. The van der Waals surface area contributed by atoms with Gasteiger partial charge in [-0.25, -0.2) is 4.39 Å². The number of halogens is 1. The monoisotopic (exact) mass is 219 g/mol. The quantitative estimate of drug-likeness (QED) is 0.779. The van der Waals surface area contributed by atoms with Crippen LogP contribution in [0, 0.1) is 0 Å². The van der Waals surface area contributed by atoms with Crippen molar-refractivity contribution in [1.82, 2.24) is 15.1 Å². The van der Waals surface area contributed by atoms with Gasteiger partial charge in [-0.15, -0.1) is 0 Å². The van der Waals surface area contributed by atoms with Crippen molar-refractivity contribution in [2.75, 3.05) is 0 Å². The molecule has 2 aromatic rings. The highest BCUT2D eigenvalue weighted by Crippen LogP contribution is 2.21. The topological polar surface area (TPSA) is 51.8 Å². The number of aromatic nitrogens is 3. The molecule has 0 aromatic carbocycles. The second kappa shape index (κ2) is 4.22. The minimum absolute atomic E-state index is 0.0909. The molecule has 2 rings (SSSR count). The van der Waals surface area contributed by atoms with Gasteiger partial charge in [0.15, 0.2) is 5.83 Å². The second-order valence-corrected chi connectivity index (χ2v) is 3.47. The summed E-state index contributed by atoms with van der Waals surface area (Å²) in [4.78, 5) is 7.83. The van der Waals surface area contributed by atoms with Crippen molar-refractivity contribution in [3.8, 4) is 11.4 Å². The maximum absolute atomic E-state index is 13.5. The SMILES string of the molecule is CC(C)=C(F)c1nc(-c2ccncc2)no1. The minimum atomic E-state index is -0.479. The molecule has 0 atom stereocenters. The molecule has 0 fully saturated rings. The van der Waals surface area contributed by atoms with E-state index in [0.717, 1.165) is 5.56 Å². The lowest BCUT2D eigenvalue weighted by Gasteiger charge is -1.91. The van der Waals surface area contributed by atoms with Crippen LogP contribution in [0.1, 0.15) is 19.7 Å². The van der Waals surface area contributed by atoms with Crippen molar-refractivity contribution in [2.45, 2.75) is 13.8 Å². The molecule has 0 unspecified atom stereocenters. The predicted molar refractivity (Wildman–Crippen MR) is 56.9 cm³/mol. The number of hydrogen-bond donors (Lipinski definition) is 0. The molecule has 0 aliphatic carbocycles. The van der Waals surface area contributed by atoms with Crippen molar-refractivity contribution in [3.05, 3.63) is 36.0 Å². The van der Waals surface area contributed by atoms with Gasteiger partial charge in [-0.2, -0.15) is 4.98 Å².